The van der Waals surface area contributed by atoms with E-state index >= 15 is 0 Å². The van der Waals surface area contributed by atoms with Crippen LogP contribution >= 0.6 is 0 Å². The van der Waals surface area contributed by atoms with Crippen molar-refractivity contribution < 1.29 is 19.8 Å². The first kappa shape index (κ1) is 23.2. The molecule has 0 heterocycles. The van der Waals surface area contributed by atoms with E-state index in [2.05, 4.69) is 0 Å². The predicted molar refractivity (Wildman–Crippen MR) is 109 cm³/mol. The molecule has 0 aliphatic heterocycles. The Bertz CT molecular complexity index is 617. The van der Waals surface area contributed by atoms with Crippen LogP contribution in [0.4, 0.5) is 0 Å². The first-order chi connectivity index (χ1) is 12.5. The number of aliphatic carboxylic acids is 2. The molecular formula is C23H36O4. The maximum absolute atomic E-state index is 12.0. The molecule has 0 aromatic heterocycles. The molecule has 0 saturated carbocycles. The molecule has 0 spiro atoms. The fraction of sp³-hybridized carbons (Fsp3) is 0.652. The number of carboxylic acids is 2. The summed E-state index contributed by atoms with van der Waals surface area (Å²) in [6, 6.07) is 9.78. The van der Waals surface area contributed by atoms with Crippen LogP contribution in [0.3, 0.4) is 0 Å². The van der Waals surface area contributed by atoms with E-state index in [1.807, 2.05) is 65.0 Å². The van der Waals surface area contributed by atoms with Crippen molar-refractivity contribution in [1.82, 2.24) is 0 Å². The zero-order valence-corrected chi connectivity index (χ0v) is 17.5. The minimum atomic E-state index is -0.772. The molecule has 4 heteroatoms. The highest BCUT2D eigenvalue weighted by Crippen LogP contribution is 2.43. The van der Waals surface area contributed by atoms with Crippen molar-refractivity contribution in [3.8, 4) is 0 Å². The van der Waals surface area contributed by atoms with Crippen molar-refractivity contribution in [3.63, 3.8) is 0 Å². The Morgan fingerprint density at radius 1 is 0.852 bits per heavy atom. The quantitative estimate of drug-likeness (QED) is 0.479. The number of hydrogen-bond acceptors (Lipinski definition) is 2. The lowest BCUT2D eigenvalue weighted by molar-refractivity contribution is -0.155. The van der Waals surface area contributed by atoms with Gasteiger partial charge in [0.2, 0.25) is 0 Å². The van der Waals surface area contributed by atoms with Crippen molar-refractivity contribution in [2.75, 3.05) is 0 Å². The van der Waals surface area contributed by atoms with Gasteiger partial charge in [-0.05, 0) is 43.6 Å². The SMILES string of the molecule is CCC(CCCCCC(C)(C(=O)O)C(C)(C)C)(Cc1ccccc1)C(=O)O. The van der Waals surface area contributed by atoms with Gasteiger partial charge in [0, 0.05) is 0 Å². The summed E-state index contributed by atoms with van der Waals surface area (Å²) in [6.45, 7) is 9.66. The van der Waals surface area contributed by atoms with Crippen LogP contribution in [-0.4, -0.2) is 22.2 Å². The van der Waals surface area contributed by atoms with Gasteiger partial charge in [-0.1, -0.05) is 77.3 Å². The van der Waals surface area contributed by atoms with Gasteiger partial charge >= 0.3 is 11.9 Å². The van der Waals surface area contributed by atoms with E-state index < -0.39 is 22.8 Å². The zero-order chi connectivity index (χ0) is 20.7. The number of carbonyl (C=O) groups is 2. The summed E-state index contributed by atoms with van der Waals surface area (Å²) >= 11 is 0. The van der Waals surface area contributed by atoms with Crippen molar-refractivity contribution in [1.29, 1.82) is 0 Å². The zero-order valence-electron chi connectivity index (χ0n) is 17.5. The molecule has 152 valence electrons. The summed E-state index contributed by atoms with van der Waals surface area (Å²) in [4.78, 5) is 23.8. The Kier molecular flexibility index (Phi) is 8.06. The van der Waals surface area contributed by atoms with Gasteiger partial charge in [-0.3, -0.25) is 9.59 Å². The lowest BCUT2D eigenvalue weighted by Crippen LogP contribution is -2.40. The van der Waals surface area contributed by atoms with Crippen LogP contribution in [-0.2, 0) is 16.0 Å². The van der Waals surface area contributed by atoms with Crippen molar-refractivity contribution in [2.45, 2.75) is 79.6 Å². The summed E-state index contributed by atoms with van der Waals surface area (Å²) in [5, 5.41) is 19.5. The molecular weight excluding hydrogens is 340 g/mol. The fourth-order valence-corrected chi connectivity index (χ4v) is 3.63. The van der Waals surface area contributed by atoms with E-state index in [9.17, 15) is 19.8 Å². The molecule has 0 fully saturated rings. The molecule has 4 nitrogen and oxygen atoms in total. The highest BCUT2D eigenvalue weighted by atomic mass is 16.4. The molecule has 0 amide bonds. The Balaban J connectivity index is 2.67. The van der Waals surface area contributed by atoms with Crippen molar-refractivity contribution in [2.24, 2.45) is 16.2 Å². The Morgan fingerprint density at radius 2 is 1.41 bits per heavy atom. The van der Waals surface area contributed by atoms with Crippen LogP contribution in [0.25, 0.3) is 0 Å². The summed E-state index contributed by atoms with van der Waals surface area (Å²) in [5.41, 5.74) is -0.791. The smallest absolute Gasteiger partial charge is 0.309 e. The second-order valence-corrected chi connectivity index (χ2v) is 9.05. The third-order valence-electron chi connectivity index (χ3n) is 6.48. The van der Waals surface area contributed by atoms with Gasteiger partial charge in [-0.2, -0.15) is 0 Å². The third-order valence-corrected chi connectivity index (χ3v) is 6.48. The van der Waals surface area contributed by atoms with Gasteiger partial charge in [0.05, 0.1) is 10.8 Å². The highest BCUT2D eigenvalue weighted by molar-refractivity contribution is 5.75. The summed E-state index contributed by atoms with van der Waals surface area (Å²) in [6.07, 6.45) is 4.80. The molecule has 1 aromatic carbocycles. The van der Waals surface area contributed by atoms with Gasteiger partial charge in [-0.15, -0.1) is 0 Å². The predicted octanol–water partition coefficient (Wildman–Crippen LogP) is 5.80. The van der Waals surface area contributed by atoms with Crippen molar-refractivity contribution in [3.05, 3.63) is 35.9 Å². The number of benzene rings is 1. The minimum absolute atomic E-state index is 0.319. The Morgan fingerprint density at radius 3 is 1.85 bits per heavy atom. The molecule has 0 bridgehead atoms. The molecule has 0 aliphatic carbocycles. The van der Waals surface area contributed by atoms with Gasteiger partial charge in [0.1, 0.15) is 0 Å². The average Bonchev–Trinajstić information content (AvgIpc) is 2.59. The third kappa shape index (κ3) is 5.82. The Labute approximate surface area is 164 Å². The van der Waals surface area contributed by atoms with E-state index in [0.717, 1.165) is 24.8 Å². The van der Waals surface area contributed by atoms with E-state index in [1.54, 1.807) is 0 Å². The highest BCUT2D eigenvalue weighted by Gasteiger charge is 2.43. The summed E-state index contributed by atoms with van der Waals surface area (Å²) < 4.78 is 0. The first-order valence-electron chi connectivity index (χ1n) is 9.99. The first-order valence-corrected chi connectivity index (χ1v) is 9.99. The fourth-order valence-electron chi connectivity index (χ4n) is 3.63. The van der Waals surface area contributed by atoms with E-state index in [-0.39, 0.29) is 5.41 Å². The lowest BCUT2D eigenvalue weighted by Gasteiger charge is -2.38. The molecule has 2 N–H and O–H groups in total. The molecule has 0 aliphatic rings. The average molecular weight is 377 g/mol. The Hall–Kier alpha value is -1.84. The van der Waals surface area contributed by atoms with E-state index in [4.69, 9.17) is 0 Å². The topological polar surface area (TPSA) is 74.6 Å². The summed E-state index contributed by atoms with van der Waals surface area (Å²) in [5.74, 6) is -1.49. The van der Waals surface area contributed by atoms with Crippen LogP contribution in [0.5, 0.6) is 0 Å². The standard InChI is InChI=1S/C23H36O4/c1-6-23(20(26)27,17-18-13-9-7-10-14-18)16-12-8-11-15-22(5,19(24)25)21(2,3)4/h7,9-10,13-14H,6,8,11-12,15-17H2,1-5H3,(H,24,25)(H,26,27). The summed E-state index contributed by atoms with van der Waals surface area (Å²) in [7, 11) is 0. The number of carboxylic acid groups (broad SMARTS) is 2. The second kappa shape index (κ2) is 9.38. The maximum Gasteiger partial charge on any atom is 0.309 e. The molecule has 1 aromatic rings. The van der Waals surface area contributed by atoms with Crippen LogP contribution in [0.15, 0.2) is 30.3 Å². The molecule has 0 saturated heterocycles. The second-order valence-electron chi connectivity index (χ2n) is 9.05. The number of rotatable bonds is 11. The molecule has 2 atom stereocenters. The number of unbranched alkanes of at least 4 members (excludes halogenated alkanes) is 2. The molecule has 27 heavy (non-hydrogen) atoms. The molecule has 0 radical (unpaired) electrons. The maximum atomic E-state index is 12.0. The molecule has 2 unspecified atom stereocenters. The van der Waals surface area contributed by atoms with Crippen molar-refractivity contribution >= 4 is 11.9 Å². The van der Waals surface area contributed by atoms with Crippen LogP contribution in [0.2, 0.25) is 0 Å². The van der Waals surface area contributed by atoms with Gasteiger partial charge in [-0.25, -0.2) is 0 Å². The minimum Gasteiger partial charge on any atom is -0.481 e. The lowest BCUT2D eigenvalue weighted by atomic mass is 9.65. The van der Waals surface area contributed by atoms with Gasteiger partial charge < -0.3 is 10.2 Å². The van der Waals surface area contributed by atoms with Gasteiger partial charge in [0.15, 0.2) is 0 Å². The van der Waals surface area contributed by atoms with Crippen LogP contribution in [0.1, 0.15) is 78.7 Å². The normalized spacial score (nSPS) is 16.3. The van der Waals surface area contributed by atoms with E-state index in [0.29, 0.717) is 25.7 Å². The van der Waals surface area contributed by atoms with Gasteiger partial charge in [0.25, 0.3) is 0 Å². The molecule has 1 rings (SSSR count). The number of hydrogen-bond donors (Lipinski definition) is 2. The van der Waals surface area contributed by atoms with Crippen LogP contribution < -0.4 is 0 Å². The van der Waals surface area contributed by atoms with Crippen LogP contribution in [0, 0.1) is 16.2 Å². The largest absolute Gasteiger partial charge is 0.481 e. The van der Waals surface area contributed by atoms with E-state index in [1.165, 1.54) is 0 Å². The monoisotopic (exact) mass is 376 g/mol.